The first kappa shape index (κ1) is 15.4. The van der Waals surface area contributed by atoms with Gasteiger partial charge in [0.2, 0.25) is 0 Å². The number of aromatic amines is 1. The molecule has 0 unspecified atom stereocenters. The van der Waals surface area contributed by atoms with Crippen LogP contribution in [0.5, 0.6) is 0 Å². The molecule has 0 saturated carbocycles. The van der Waals surface area contributed by atoms with Crippen molar-refractivity contribution >= 4 is 29.0 Å². The molecule has 2 aromatic rings. The fourth-order valence-electron chi connectivity index (χ4n) is 2.84. The molecule has 3 rings (SSSR count). The van der Waals surface area contributed by atoms with Gasteiger partial charge in [-0.15, -0.1) is 11.3 Å². The quantitative estimate of drug-likeness (QED) is 0.894. The molecular weight excluding hydrogens is 320 g/mol. The second-order valence-electron chi connectivity index (χ2n) is 5.42. The summed E-state index contributed by atoms with van der Waals surface area (Å²) in [4.78, 5) is 15.6. The van der Waals surface area contributed by atoms with Gasteiger partial charge < -0.3 is 10.2 Å². The van der Waals surface area contributed by atoms with Gasteiger partial charge in [-0.25, -0.2) is 4.79 Å². The smallest absolute Gasteiger partial charge is 0.317 e. The molecular formula is C15H19ClN4OS. The first-order chi connectivity index (χ1) is 10.7. The standard InChI is InChI=1S/C15H19ClN4OS/c16-14-5-4-12(22-14)6-7-17-15(21)20-8-2-1-3-13(20)11-9-18-19-10-11/h4-5,9-10,13H,1-3,6-8H2,(H,17,21)(H,18,19)/t13-/m1/s1. The van der Waals surface area contributed by atoms with E-state index in [9.17, 15) is 4.79 Å². The van der Waals surface area contributed by atoms with Crippen LogP contribution in [0.2, 0.25) is 4.34 Å². The number of hydrogen-bond donors (Lipinski definition) is 2. The highest BCUT2D eigenvalue weighted by Gasteiger charge is 2.28. The van der Waals surface area contributed by atoms with Crippen LogP contribution in [0.15, 0.2) is 24.5 Å². The van der Waals surface area contributed by atoms with Crippen molar-refractivity contribution in [2.45, 2.75) is 31.7 Å². The average Bonchev–Trinajstić information content (AvgIpc) is 3.19. The van der Waals surface area contributed by atoms with Gasteiger partial charge in [0.1, 0.15) is 0 Å². The zero-order chi connectivity index (χ0) is 15.4. The normalized spacial score (nSPS) is 18.4. The van der Waals surface area contributed by atoms with Gasteiger partial charge in [0.25, 0.3) is 0 Å². The van der Waals surface area contributed by atoms with Crippen LogP contribution in [0.25, 0.3) is 0 Å². The SMILES string of the molecule is O=C(NCCc1ccc(Cl)s1)N1CCCC[C@@H]1c1cn[nH]c1. The summed E-state index contributed by atoms with van der Waals surface area (Å²) in [6, 6.07) is 4.04. The van der Waals surface area contributed by atoms with Gasteiger partial charge in [-0.05, 0) is 37.8 Å². The van der Waals surface area contributed by atoms with Gasteiger partial charge >= 0.3 is 6.03 Å². The van der Waals surface area contributed by atoms with Gasteiger partial charge in [-0.2, -0.15) is 5.10 Å². The van der Waals surface area contributed by atoms with Gasteiger partial charge in [-0.3, -0.25) is 5.10 Å². The second-order valence-corrected chi connectivity index (χ2v) is 7.22. The number of likely N-dealkylation sites (tertiary alicyclic amines) is 1. The van der Waals surface area contributed by atoms with Crippen molar-refractivity contribution in [3.63, 3.8) is 0 Å². The third-order valence-electron chi connectivity index (χ3n) is 3.94. The number of piperidine rings is 1. The van der Waals surface area contributed by atoms with E-state index in [2.05, 4.69) is 15.5 Å². The highest BCUT2D eigenvalue weighted by atomic mass is 35.5. The van der Waals surface area contributed by atoms with Crippen molar-refractivity contribution in [2.24, 2.45) is 0 Å². The Kier molecular flexibility index (Phi) is 5.00. The number of hydrogen-bond acceptors (Lipinski definition) is 3. The summed E-state index contributed by atoms with van der Waals surface area (Å²) in [6.45, 7) is 1.43. The van der Waals surface area contributed by atoms with Crippen molar-refractivity contribution in [1.29, 1.82) is 0 Å². The highest BCUT2D eigenvalue weighted by Crippen LogP contribution is 2.30. The summed E-state index contributed by atoms with van der Waals surface area (Å²) in [7, 11) is 0. The van der Waals surface area contributed by atoms with E-state index in [1.165, 1.54) is 4.88 Å². The van der Waals surface area contributed by atoms with Gasteiger partial charge in [0.15, 0.2) is 0 Å². The summed E-state index contributed by atoms with van der Waals surface area (Å²) in [5.74, 6) is 0. The van der Waals surface area contributed by atoms with Crippen molar-refractivity contribution in [1.82, 2.24) is 20.4 Å². The number of aromatic nitrogens is 2. The van der Waals surface area contributed by atoms with Crippen LogP contribution in [0.1, 0.15) is 35.7 Å². The Bertz CT molecular complexity index is 613. The van der Waals surface area contributed by atoms with Crippen LogP contribution in [-0.4, -0.2) is 34.2 Å². The monoisotopic (exact) mass is 338 g/mol. The van der Waals surface area contributed by atoms with E-state index in [4.69, 9.17) is 11.6 Å². The number of carbonyl (C=O) groups excluding carboxylic acids is 1. The van der Waals surface area contributed by atoms with Crippen molar-refractivity contribution < 1.29 is 4.79 Å². The fourth-order valence-corrected chi connectivity index (χ4v) is 3.93. The summed E-state index contributed by atoms with van der Waals surface area (Å²) >= 11 is 7.48. The first-order valence-corrected chi connectivity index (χ1v) is 8.71. The van der Waals surface area contributed by atoms with Gasteiger partial charge in [0.05, 0.1) is 16.6 Å². The van der Waals surface area contributed by atoms with E-state index in [1.807, 2.05) is 29.4 Å². The number of thiophene rings is 1. The Morgan fingerprint density at radius 1 is 1.50 bits per heavy atom. The maximum atomic E-state index is 12.5. The molecule has 0 bridgehead atoms. The number of urea groups is 1. The minimum absolute atomic E-state index is 0.00792. The molecule has 0 aliphatic carbocycles. The molecule has 1 aliphatic heterocycles. The van der Waals surface area contributed by atoms with Gasteiger partial charge in [0, 0.05) is 29.7 Å². The lowest BCUT2D eigenvalue weighted by Crippen LogP contribution is -2.45. The summed E-state index contributed by atoms with van der Waals surface area (Å²) in [5.41, 5.74) is 1.08. The number of nitrogens with one attached hydrogen (secondary N) is 2. The van der Waals surface area contributed by atoms with Gasteiger partial charge in [-0.1, -0.05) is 11.6 Å². The van der Waals surface area contributed by atoms with E-state index < -0.39 is 0 Å². The highest BCUT2D eigenvalue weighted by molar-refractivity contribution is 7.16. The lowest BCUT2D eigenvalue weighted by atomic mass is 9.98. The van der Waals surface area contributed by atoms with Crippen LogP contribution in [0, 0.1) is 0 Å². The molecule has 5 nitrogen and oxygen atoms in total. The van der Waals surface area contributed by atoms with E-state index in [-0.39, 0.29) is 12.1 Å². The first-order valence-electron chi connectivity index (χ1n) is 7.51. The Morgan fingerprint density at radius 3 is 3.14 bits per heavy atom. The van der Waals surface area contributed by atoms with Crippen LogP contribution < -0.4 is 5.32 Å². The van der Waals surface area contributed by atoms with Crippen molar-refractivity contribution in [3.8, 4) is 0 Å². The number of carbonyl (C=O) groups is 1. The molecule has 0 aromatic carbocycles. The molecule has 1 fully saturated rings. The molecule has 7 heteroatoms. The molecule has 0 radical (unpaired) electrons. The van der Waals surface area contributed by atoms with Crippen LogP contribution in [0.4, 0.5) is 4.79 Å². The van der Waals surface area contributed by atoms with Crippen LogP contribution >= 0.6 is 22.9 Å². The maximum Gasteiger partial charge on any atom is 0.317 e. The lowest BCUT2D eigenvalue weighted by Gasteiger charge is -2.35. The number of H-pyrrole nitrogens is 1. The molecule has 1 saturated heterocycles. The summed E-state index contributed by atoms with van der Waals surface area (Å²) in [5, 5.41) is 9.86. The van der Waals surface area contributed by atoms with E-state index in [0.717, 1.165) is 42.1 Å². The molecule has 1 atom stereocenters. The lowest BCUT2D eigenvalue weighted by molar-refractivity contribution is 0.151. The van der Waals surface area contributed by atoms with Crippen LogP contribution in [0.3, 0.4) is 0 Å². The van der Waals surface area contributed by atoms with E-state index in [0.29, 0.717) is 6.54 Å². The molecule has 1 aliphatic rings. The number of halogens is 1. The predicted octanol–water partition coefficient (Wildman–Crippen LogP) is 3.60. The third kappa shape index (κ3) is 3.62. The Balaban J connectivity index is 1.55. The molecule has 118 valence electrons. The molecule has 2 amide bonds. The topological polar surface area (TPSA) is 61.0 Å². The second kappa shape index (κ2) is 7.15. The molecule has 0 spiro atoms. The summed E-state index contributed by atoms with van der Waals surface area (Å²) < 4.78 is 0.789. The maximum absolute atomic E-state index is 12.5. The van der Waals surface area contributed by atoms with Crippen molar-refractivity contribution in [3.05, 3.63) is 39.3 Å². The fraction of sp³-hybridized carbons (Fsp3) is 0.467. The van der Waals surface area contributed by atoms with E-state index in [1.54, 1.807) is 11.3 Å². The summed E-state index contributed by atoms with van der Waals surface area (Å²) in [6.07, 6.45) is 7.70. The van der Waals surface area contributed by atoms with Crippen molar-refractivity contribution in [2.75, 3.05) is 13.1 Å². The zero-order valence-corrected chi connectivity index (χ0v) is 13.8. The van der Waals surface area contributed by atoms with E-state index >= 15 is 0 Å². The minimum atomic E-state index is 0.00792. The molecule has 3 heterocycles. The Hall–Kier alpha value is -1.53. The minimum Gasteiger partial charge on any atom is -0.338 e. The van der Waals surface area contributed by atoms with Crippen LogP contribution in [-0.2, 0) is 6.42 Å². The average molecular weight is 339 g/mol. The number of rotatable bonds is 4. The zero-order valence-electron chi connectivity index (χ0n) is 12.2. The number of nitrogens with zero attached hydrogens (tertiary/aromatic N) is 2. The molecule has 2 N–H and O–H groups in total. The molecule has 2 aromatic heterocycles. The molecule has 22 heavy (non-hydrogen) atoms. The number of amides is 2. The Labute approximate surface area is 138 Å². The third-order valence-corrected chi connectivity index (χ3v) is 5.24. The largest absolute Gasteiger partial charge is 0.338 e. The predicted molar refractivity (Wildman–Crippen MR) is 88.3 cm³/mol. The Morgan fingerprint density at radius 2 is 2.41 bits per heavy atom.